The van der Waals surface area contributed by atoms with Gasteiger partial charge in [0, 0.05) is 23.3 Å². The zero-order valence-corrected chi connectivity index (χ0v) is 11.6. The second-order valence-electron chi connectivity index (χ2n) is 4.09. The zero-order valence-electron chi connectivity index (χ0n) is 10.0. The summed E-state index contributed by atoms with van der Waals surface area (Å²) in [5, 5.41) is 3.36. The molecule has 4 heteroatoms. The minimum atomic E-state index is -0.233. The summed E-state index contributed by atoms with van der Waals surface area (Å²) in [5.41, 5.74) is 2.02. The Kier molecular flexibility index (Phi) is 4.44. The predicted octanol–water partition coefficient (Wildman–Crippen LogP) is 3.83. The lowest BCUT2D eigenvalue weighted by molar-refractivity contribution is 0.559. The van der Waals surface area contributed by atoms with Crippen LogP contribution in [0.1, 0.15) is 24.2 Å². The average Bonchev–Trinajstić information content (AvgIpc) is 2.38. The number of halogens is 2. The summed E-state index contributed by atoms with van der Waals surface area (Å²) in [6.45, 7) is 2.72. The molecule has 0 spiro atoms. The predicted molar refractivity (Wildman–Crippen MR) is 73.6 cm³/mol. The van der Waals surface area contributed by atoms with Gasteiger partial charge in [-0.1, -0.05) is 28.1 Å². The van der Waals surface area contributed by atoms with Crippen LogP contribution >= 0.6 is 15.9 Å². The Morgan fingerprint density at radius 1 is 1.33 bits per heavy atom. The van der Waals surface area contributed by atoms with Crippen LogP contribution in [-0.2, 0) is 6.54 Å². The number of hydrogen-bond acceptors (Lipinski definition) is 2. The Labute approximate surface area is 114 Å². The lowest BCUT2D eigenvalue weighted by Crippen LogP contribution is -2.19. The monoisotopic (exact) mass is 308 g/mol. The van der Waals surface area contributed by atoms with Crippen LogP contribution in [0.5, 0.6) is 0 Å². The normalized spacial score (nSPS) is 12.4. The van der Waals surface area contributed by atoms with Crippen molar-refractivity contribution in [1.29, 1.82) is 0 Å². The van der Waals surface area contributed by atoms with E-state index in [0.717, 1.165) is 15.7 Å². The number of rotatable bonds is 4. The first-order valence-corrected chi connectivity index (χ1v) is 6.54. The van der Waals surface area contributed by atoms with E-state index in [0.29, 0.717) is 6.54 Å². The molecule has 0 amide bonds. The van der Waals surface area contributed by atoms with E-state index in [9.17, 15) is 4.39 Å². The number of nitrogens with zero attached hydrogens (tertiary/aromatic N) is 1. The summed E-state index contributed by atoms with van der Waals surface area (Å²) in [6.07, 6.45) is 1.78. The molecule has 0 saturated heterocycles. The molecule has 0 saturated carbocycles. The van der Waals surface area contributed by atoms with Gasteiger partial charge in [0.15, 0.2) is 0 Å². The van der Waals surface area contributed by atoms with Crippen LogP contribution in [0, 0.1) is 5.82 Å². The minimum absolute atomic E-state index is 0.156. The van der Waals surface area contributed by atoms with Crippen molar-refractivity contribution in [1.82, 2.24) is 10.3 Å². The highest BCUT2D eigenvalue weighted by atomic mass is 79.9. The Balaban J connectivity index is 1.99. The molecule has 94 valence electrons. The summed E-state index contributed by atoms with van der Waals surface area (Å²) in [6, 6.07) is 10.7. The maximum atomic E-state index is 13.0. The molecule has 1 N–H and O–H groups in total. The molecule has 2 nitrogen and oxygen atoms in total. The van der Waals surface area contributed by atoms with Crippen LogP contribution in [0.3, 0.4) is 0 Å². The molecule has 0 radical (unpaired) electrons. The second-order valence-corrected chi connectivity index (χ2v) is 4.95. The summed E-state index contributed by atoms with van der Waals surface area (Å²) in [5.74, 6) is -0.233. The topological polar surface area (TPSA) is 24.9 Å². The average molecular weight is 309 g/mol. The van der Waals surface area contributed by atoms with Crippen molar-refractivity contribution in [2.45, 2.75) is 19.5 Å². The molecule has 2 aromatic rings. The van der Waals surface area contributed by atoms with Crippen molar-refractivity contribution < 1.29 is 4.39 Å². The van der Waals surface area contributed by atoms with E-state index in [1.54, 1.807) is 12.3 Å². The molecule has 1 aromatic heterocycles. The molecule has 1 atom stereocenters. The van der Waals surface area contributed by atoms with E-state index < -0.39 is 0 Å². The quantitative estimate of drug-likeness (QED) is 0.928. The van der Waals surface area contributed by atoms with Crippen molar-refractivity contribution >= 4 is 15.9 Å². The molecule has 0 aliphatic carbocycles. The number of pyridine rings is 1. The van der Waals surface area contributed by atoms with E-state index in [4.69, 9.17) is 0 Å². The fourth-order valence-electron chi connectivity index (χ4n) is 1.66. The molecule has 0 fully saturated rings. The van der Waals surface area contributed by atoms with Gasteiger partial charge < -0.3 is 5.32 Å². The molecule has 18 heavy (non-hydrogen) atoms. The summed E-state index contributed by atoms with van der Waals surface area (Å²) in [4.78, 5) is 4.29. The Morgan fingerprint density at radius 2 is 2.17 bits per heavy atom. The van der Waals surface area contributed by atoms with Crippen molar-refractivity contribution in [2.75, 3.05) is 0 Å². The highest BCUT2D eigenvalue weighted by Gasteiger charge is 2.07. The largest absolute Gasteiger partial charge is 0.305 e. The standard InChI is InChI=1S/C14H14BrFN2/c1-10(14-4-2-3-7-17-14)18-9-11-5-6-12(16)8-13(11)15/h2-8,10,18H,9H2,1H3. The number of hydrogen-bond donors (Lipinski definition) is 1. The molecule has 1 aromatic carbocycles. The van der Waals surface area contributed by atoms with Crippen LogP contribution in [0.15, 0.2) is 47.1 Å². The lowest BCUT2D eigenvalue weighted by Gasteiger charge is -2.14. The molecule has 0 aliphatic rings. The van der Waals surface area contributed by atoms with E-state index in [2.05, 4.69) is 33.2 Å². The highest BCUT2D eigenvalue weighted by Crippen LogP contribution is 2.19. The van der Waals surface area contributed by atoms with Gasteiger partial charge in [-0.25, -0.2) is 4.39 Å². The molecule has 0 aliphatic heterocycles. The van der Waals surface area contributed by atoms with Gasteiger partial charge in [0.2, 0.25) is 0 Å². The van der Waals surface area contributed by atoms with Gasteiger partial charge in [-0.3, -0.25) is 4.98 Å². The first kappa shape index (κ1) is 13.2. The van der Waals surface area contributed by atoms with Crippen molar-refractivity contribution in [2.24, 2.45) is 0 Å². The van der Waals surface area contributed by atoms with Gasteiger partial charge in [0.05, 0.1) is 5.69 Å². The van der Waals surface area contributed by atoms with E-state index in [1.807, 2.05) is 18.2 Å². The number of aromatic nitrogens is 1. The van der Waals surface area contributed by atoms with Gasteiger partial charge in [0.1, 0.15) is 5.82 Å². The van der Waals surface area contributed by atoms with E-state index in [1.165, 1.54) is 12.1 Å². The second kappa shape index (κ2) is 6.07. The SMILES string of the molecule is CC(NCc1ccc(F)cc1Br)c1ccccn1. The number of benzene rings is 1. The van der Waals surface area contributed by atoms with Crippen molar-refractivity contribution in [3.63, 3.8) is 0 Å². The summed E-state index contributed by atoms with van der Waals surface area (Å²) >= 11 is 3.36. The van der Waals surface area contributed by atoms with Gasteiger partial charge in [-0.2, -0.15) is 0 Å². The molecular weight excluding hydrogens is 295 g/mol. The van der Waals surface area contributed by atoms with Gasteiger partial charge in [-0.15, -0.1) is 0 Å². The fourth-order valence-corrected chi connectivity index (χ4v) is 2.16. The Morgan fingerprint density at radius 3 is 2.83 bits per heavy atom. The smallest absolute Gasteiger partial charge is 0.124 e. The van der Waals surface area contributed by atoms with Crippen LogP contribution < -0.4 is 5.32 Å². The van der Waals surface area contributed by atoms with E-state index >= 15 is 0 Å². The molecule has 0 bridgehead atoms. The molecule has 1 heterocycles. The maximum Gasteiger partial charge on any atom is 0.124 e. The Bertz CT molecular complexity index is 516. The summed E-state index contributed by atoms with van der Waals surface area (Å²) < 4.78 is 13.7. The lowest BCUT2D eigenvalue weighted by atomic mass is 10.2. The highest BCUT2D eigenvalue weighted by molar-refractivity contribution is 9.10. The first-order valence-electron chi connectivity index (χ1n) is 5.75. The third kappa shape index (κ3) is 3.37. The molecule has 1 unspecified atom stereocenters. The third-order valence-electron chi connectivity index (χ3n) is 2.75. The fraction of sp³-hybridized carbons (Fsp3) is 0.214. The van der Waals surface area contributed by atoms with Gasteiger partial charge in [-0.05, 0) is 36.8 Å². The molecule has 2 rings (SSSR count). The van der Waals surface area contributed by atoms with Crippen LogP contribution in [0.25, 0.3) is 0 Å². The molecular formula is C14H14BrFN2. The van der Waals surface area contributed by atoms with Crippen molar-refractivity contribution in [3.05, 3.63) is 64.1 Å². The third-order valence-corrected chi connectivity index (χ3v) is 3.48. The maximum absolute atomic E-state index is 13.0. The van der Waals surface area contributed by atoms with Crippen LogP contribution in [0.4, 0.5) is 4.39 Å². The number of nitrogens with one attached hydrogen (secondary N) is 1. The minimum Gasteiger partial charge on any atom is -0.305 e. The summed E-state index contributed by atoms with van der Waals surface area (Å²) in [7, 11) is 0. The Hall–Kier alpha value is -1.26. The van der Waals surface area contributed by atoms with E-state index in [-0.39, 0.29) is 11.9 Å². The van der Waals surface area contributed by atoms with Gasteiger partial charge >= 0.3 is 0 Å². The zero-order chi connectivity index (χ0) is 13.0. The van der Waals surface area contributed by atoms with Crippen molar-refractivity contribution in [3.8, 4) is 0 Å². The first-order chi connectivity index (χ1) is 8.66. The van der Waals surface area contributed by atoms with Crippen LogP contribution in [-0.4, -0.2) is 4.98 Å². The van der Waals surface area contributed by atoms with Gasteiger partial charge in [0.25, 0.3) is 0 Å². The van der Waals surface area contributed by atoms with Crippen LogP contribution in [0.2, 0.25) is 0 Å².